The smallest absolute Gasteiger partial charge is 0.197 e. The standard InChI is InChI=1S/C12H13FO3/c13-10-7-9(3-1-4-14)8-11-12(10)16-6-2-5-15-11/h4,7-8H,1-3,5-6H2. The predicted molar refractivity (Wildman–Crippen MR) is 56.4 cm³/mol. The molecule has 1 aliphatic rings. The van der Waals surface area contributed by atoms with E-state index in [1.807, 2.05) is 0 Å². The maximum absolute atomic E-state index is 13.6. The van der Waals surface area contributed by atoms with Crippen molar-refractivity contribution < 1.29 is 18.7 Å². The Kier molecular flexibility index (Phi) is 3.39. The highest BCUT2D eigenvalue weighted by molar-refractivity contribution is 5.51. The first-order valence-electron chi connectivity index (χ1n) is 5.33. The summed E-state index contributed by atoms with van der Waals surface area (Å²) in [6.07, 6.45) is 2.48. The van der Waals surface area contributed by atoms with Crippen molar-refractivity contribution in [3.8, 4) is 11.5 Å². The quantitative estimate of drug-likeness (QED) is 0.738. The summed E-state index contributed by atoms with van der Waals surface area (Å²) < 4.78 is 24.3. The van der Waals surface area contributed by atoms with Crippen LogP contribution in [0.1, 0.15) is 18.4 Å². The van der Waals surface area contributed by atoms with Gasteiger partial charge in [0.25, 0.3) is 0 Å². The van der Waals surface area contributed by atoms with E-state index in [2.05, 4.69) is 0 Å². The van der Waals surface area contributed by atoms with Gasteiger partial charge < -0.3 is 14.3 Å². The molecule has 1 aliphatic heterocycles. The van der Waals surface area contributed by atoms with E-state index >= 15 is 0 Å². The fourth-order valence-electron chi connectivity index (χ4n) is 1.65. The highest BCUT2D eigenvalue weighted by Crippen LogP contribution is 2.33. The lowest BCUT2D eigenvalue weighted by atomic mass is 10.1. The van der Waals surface area contributed by atoms with Crippen molar-refractivity contribution in [3.63, 3.8) is 0 Å². The van der Waals surface area contributed by atoms with E-state index in [1.54, 1.807) is 6.07 Å². The van der Waals surface area contributed by atoms with Crippen LogP contribution in [0.2, 0.25) is 0 Å². The van der Waals surface area contributed by atoms with Crippen LogP contribution in [-0.2, 0) is 11.2 Å². The summed E-state index contributed by atoms with van der Waals surface area (Å²) in [6.45, 7) is 1.00. The molecule has 0 unspecified atom stereocenters. The van der Waals surface area contributed by atoms with E-state index in [0.29, 0.717) is 31.8 Å². The van der Waals surface area contributed by atoms with E-state index in [-0.39, 0.29) is 5.75 Å². The number of fused-ring (bicyclic) bond motifs is 1. The zero-order valence-corrected chi connectivity index (χ0v) is 8.87. The van der Waals surface area contributed by atoms with Crippen LogP contribution in [-0.4, -0.2) is 19.5 Å². The summed E-state index contributed by atoms with van der Waals surface area (Å²) >= 11 is 0. The fourth-order valence-corrected chi connectivity index (χ4v) is 1.65. The molecule has 0 bridgehead atoms. The van der Waals surface area contributed by atoms with Crippen LogP contribution in [0.25, 0.3) is 0 Å². The molecule has 86 valence electrons. The maximum Gasteiger partial charge on any atom is 0.197 e. The van der Waals surface area contributed by atoms with Gasteiger partial charge in [-0.3, -0.25) is 0 Å². The maximum atomic E-state index is 13.6. The topological polar surface area (TPSA) is 35.5 Å². The van der Waals surface area contributed by atoms with Crippen LogP contribution < -0.4 is 9.47 Å². The number of benzene rings is 1. The predicted octanol–water partition coefficient (Wildman–Crippen LogP) is 2.12. The molecule has 0 aliphatic carbocycles. The van der Waals surface area contributed by atoms with Crippen molar-refractivity contribution in [2.24, 2.45) is 0 Å². The zero-order chi connectivity index (χ0) is 11.4. The Morgan fingerprint density at radius 2 is 2.12 bits per heavy atom. The number of aldehydes is 1. The van der Waals surface area contributed by atoms with E-state index in [9.17, 15) is 9.18 Å². The summed E-state index contributed by atoms with van der Waals surface area (Å²) in [7, 11) is 0. The summed E-state index contributed by atoms with van der Waals surface area (Å²) in [5, 5.41) is 0. The summed E-state index contributed by atoms with van der Waals surface area (Å²) in [5.41, 5.74) is 0.758. The Hall–Kier alpha value is -1.58. The normalized spacial score (nSPS) is 14.3. The van der Waals surface area contributed by atoms with E-state index in [4.69, 9.17) is 9.47 Å². The first-order chi connectivity index (χ1) is 7.81. The molecule has 4 heteroatoms. The Bertz CT molecular complexity index is 390. The Morgan fingerprint density at radius 1 is 1.31 bits per heavy atom. The molecule has 0 radical (unpaired) electrons. The van der Waals surface area contributed by atoms with Crippen molar-refractivity contribution >= 4 is 6.29 Å². The second kappa shape index (κ2) is 4.96. The SMILES string of the molecule is O=CCCc1cc(F)c2c(c1)OCCCO2. The lowest BCUT2D eigenvalue weighted by molar-refractivity contribution is -0.107. The lowest BCUT2D eigenvalue weighted by Gasteiger charge is -2.10. The molecule has 0 saturated heterocycles. The highest BCUT2D eigenvalue weighted by atomic mass is 19.1. The number of hydrogen-bond acceptors (Lipinski definition) is 3. The van der Waals surface area contributed by atoms with Crippen molar-refractivity contribution in [1.82, 2.24) is 0 Å². The molecule has 1 heterocycles. The van der Waals surface area contributed by atoms with Gasteiger partial charge >= 0.3 is 0 Å². The van der Waals surface area contributed by atoms with E-state index < -0.39 is 5.82 Å². The Morgan fingerprint density at radius 3 is 2.94 bits per heavy atom. The van der Waals surface area contributed by atoms with Gasteiger partial charge in [-0.25, -0.2) is 4.39 Å². The van der Waals surface area contributed by atoms with Crippen LogP contribution in [0.5, 0.6) is 11.5 Å². The lowest BCUT2D eigenvalue weighted by Crippen LogP contribution is -1.98. The zero-order valence-electron chi connectivity index (χ0n) is 8.87. The average molecular weight is 224 g/mol. The number of rotatable bonds is 3. The average Bonchev–Trinajstić information content (AvgIpc) is 2.51. The minimum atomic E-state index is -0.416. The van der Waals surface area contributed by atoms with Gasteiger partial charge in [-0.1, -0.05) is 0 Å². The molecule has 0 saturated carbocycles. The number of hydrogen-bond donors (Lipinski definition) is 0. The van der Waals surface area contributed by atoms with Crippen LogP contribution in [0.4, 0.5) is 4.39 Å². The molecular weight excluding hydrogens is 211 g/mol. The summed E-state index contributed by atoms with van der Waals surface area (Å²) in [6, 6.07) is 3.14. The Balaban J connectivity index is 2.28. The number of aryl methyl sites for hydroxylation is 1. The van der Waals surface area contributed by atoms with Crippen molar-refractivity contribution in [2.45, 2.75) is 19.3 Å². The largest absolute Gasteiger partial charge is 0.489 e. The molecule has 0 N–H and O–H groups in total. The minimum Gasteiger partial charge on any atom is -0.489 e. The molecule has 0 amide bonds. The number of carbonyl (C=O) groups is 1. The molecule has 1 aromatic carbocycles. The first kappa shape index (κ1) is 10.9. The van der Waals surface area contributed by atoms with Gasteiger partial charge in [0.05, 0.1) is 13.2 Å². The number of carbonyl (C=O) groups excluding carboxylic acids is 1. The van der Waals surface area contributed by atoms with Crippen molar-refractivity contribution in [3.05, 3.63) is 23.5 Å². The minimum absolute atomic E-state index is 0.187. The van der Waals surface area contributed by atoms with Crippen molar-refractivity contribution in [1.29, 1.82) is 0 Å². The third-order valence-corrected chi connectivity index (χ3v) is 2.41. The van der Waals surface area contributed by atoms with Gasteiger partial charge in [-0.2, -0.15) is 0 Å². The molecule has 16 heavy (non-hydrogen) atoms. The molecule has 1 aromatic rings. The third-order valence-electron chi connectivity index (χ3n) is 2.41. The monoisotopic (exact) mass is 224 g/mol. The van der Waals surface area contributed by atoms with E-state index in [0.717, 1.165) is 18.3 Å². The molecule has 0 aromatic heterocycles. The van der Waals surface area contributed by atoms with E-state index in [1.165, 1.54) is 6.07 Å². The molecule has 0 atom stereocenters. The van der Waals surface area contributed by atoms with Gasteiger partial charge in [0, 0.05) is 12.8 Å². The molecule has 2 rings (SSSR count). The van der Waals surface area contributed by atoms with Crippen LogP contribution in [0.3, 0.4) is 0 Å². The first-order valence-corrected chi connectivity index (χ1v) is 5.33. The molecule has 0 spiro atoms. The highest BCUT2D eigenvalue weighted by Gasteiger charge is 2.16. The second-order valence-corrected chi connectivity index (χ2v) is 3.66. The van der Waals surface area contributed by atoms with Gasteiger partial charge in [0.1, 0.15) is 6.29 Å². The van der Waals surface area contributed by atoms with Gasteiger partial charge in [0.15, 0.2) is 17.3 Å². The van der Waals surface area contributed by atoms with Gasteiger partial charge in [-0.05, 0) is 24.1 Å². The van der Waals surface area contributed by atoms with Crippen molar-refractivity contribution in [2.75, 3.05) is 13.2 Å². The fraction of sp³-hybridized carbons (Fsp3) is 0.417. The van der Waals surface area contributed by atoms with Gasteiger partial charge in [-0.15, -0.1) is 0 Å². The number of ether oxygens (including phenoxy) is 2. The van der Waals surface area contributed by atoms with Crippen LogP contribution in [0, 0.1) is 5.82 Å². The Labute approximate surface area is 93.2 Å². The molecule has 0 fully saturated rings. The summed E-state index contributed by atoms with van der Waals surface area (Å²) in [5.74, 6) is 0.214. The van der Waals surface area contributed by atoms with Crippen LogP contribution in [0.15, 0.2) is 12.1 Å². The number of halogens is 1. The molecule has 3 nitrogen and oxygen atoms in total. The third kappa shape index (κ3) is 2.32. The second-order valence-electron chi connectivity index (χ2n) is 3.66. The summed E-state index contributed by atoms with van der Waals surface area (Å²) in [4.78, 5) is 10.3. The molecular formula is C12H13FO3. The van der Waals surface area contributed by atoms with Crippen LogP contribution >= 0.6 is 0 Å². The van der Waals surface area contributed by atoms with Gasteiger partial charge in [0.2, 0.25) is 0 Å².